The first-order valence-electron chi connectivity index (χ1n) is 13.8. The Hall–Kier alpha value is -2.78. The Labute approximate surface area is 225 Å². The van der Waals surface area contributed by atoms with Crippen LogP contribution < -0.4 is 10.6 Å². The van der Waals surface area contributed by atoms with Crippen LogP contribution >= 0.6 is 0 Å². The molecule has 6 rings (SSSR count). The van der Waals surface area contributed by atoms with E-state index < -0.39 is 19.1 Å². The van der Waals surface area contributed by atoms with Crippen LogP contribution in [0.1, 0.15) is 69.9 Å². The molecule has 4 fully saturated rings. The maximum Gasteiger partial charge on any atom is 0.481 e. The standard InChI is InChI=1S/C29H39BN4O4/c1-18(2)13-25(30-37-24-16-20-15-23(28(20,3)4)29(24,5)38-30)34-26(35)21(14-19-9-7-6-8-10-19)33-27(36)22-17-31-11-12-32-22/h6-12,17-18,20-21,23-25H,13-16H2,1-5H3,(H,33,36)(H,34,35)/t20?,21-,23?,24?,25?,29+/m0/s1. The van der Waals surface area contributed by atoms with Crippen molar-refractivity contribution in [3.63, 3.8) is 0 Å². The van der Waals surface area contributed by atoms with Crippen LogP contribution in [-0.4, -0.2) is 52.6 Å². The highest BCUT2D eigenvalue weighted by molar-refractivity contribution is 6.48. The van der Waals surface area contributed by atoms with E-state index in [1.165, 1.54) is 25.0 Å². The fourth-order valence-corrected chi connectivity index (χ4v) is 6.81. The summed E-state index contributed by atoms with van der Waals surface area (Å²) >= 11 is 0. The molecule has 9 heteroatoms. The number of nitrogens with zero attached hydrogens (tertiary/aromatic N) is 2. The molecule has 4 aliphatic rings. The fraction of sp³-hybridized carbons (Fsp3) is 0.586. The highest BCUT2D eigenvalue weighted by atomic mass is 16.7. The minimum atomic E-state index is -0.799. The Morgan fingerprint density at radius 2 is 1.87 bits per heavy atom. The summed E-state index contributed by atoms with van der Waals surface area (Å²) in [6.45, 7) is 11.1. The largest absolute Gasteiger partial charge is 0.481 e. The van der Waals surface area contributed by atoms with E-state index in [2.05, 4.69) is 55.2 Å². The van der Waals surface area contributed by atoms with E-state index in [-0.39, 0.29) is 34.7 Å². The molecule has 1 aliphatic heterocycles. The number of rotatable bonds is 9. The van der Waals surface area contributed by atoms with Crippen molar-refractivity contribution in [3.05, 3.63) is 60.2 Å². The summed E-state index contributed by atoms with van der Waals surface area (Å²) < 4.78 is 13.2. The normalized spacial score (nSPS) is 28.7. The van der Waals surface area contributed by atoms with E-state index >= 15 is 0 Å². The number of benzene rings is 1. The van der Waals surface area contributed by atoms with Gasteiger partial charge >= 0.3 is 7.12 Å². The van der Waals surface area contributed by atoms with Gasteiger partial charge in [0, 0.05) is 18.8 Å². The number of aromatic nitrogens is 2. The number of hydrogen-bond acceptors (Lipinski definition) is 6. The van der Waals surface area contributed by atoms with Crippen LogP contribution in [0.15, 0.2) is 48.9 Å². The summed E-state index contributed by atoms with van der Waals surface area (Å²) in [5, 5.41) is 6.08. The van der Waals surface area contributed by atoms with E-state index in [0.717, 1.165) is 12.0 Å². The molecule has 1 saturated heterocycles. The average Bonchev–Trinajstić information content (AvgIpc) is 3.26. The highest BCUT2D eigenvalue weighted by Crippen LogP contribution is 2.65. The van der Waals surface area contributed by atoms with E-state index in [4.69, 9.17) is 9.31 Å². The molecule has 3 saturated carbocycles. The lowest BCUT2D eigenvalue weighted by Gasteiger charge is -2.64. The Morgan fingerprint density at radius 1 is 1.11 bits per heavy atom. The summed E-state index contributed by atoms with van der Waals surface area (Å²) in [7, 11) is -0.528. The van der Waals surface area contributed by atoms with Gasteiger partial charge in [-0.25, -0.2) is 4.98 Å². The van der Waals surface area contributed by atoms with Crippen LogP contribution in [0.3, 0.4) is 0 Å². The molecule has 2 amide bonds. The molecule has 38 heavy (non-hydrogen) atoms. The molecule has 2 N–H and O–H groups in total. The van der Waals surface area contributed by atoms with E-state index in [0.29, 0.717) is 30.6 Å². The van der Waals surface area contributed by atoms with Crippen molar-refractivity contribution in [2.75, 3.05) is 0 Å². The van der Waals surface area contributed by atoms with Gasteiger partial charge in [-0.1, -0.05) is 58.0 Å². The first-order valence-corrected chi connectivity index (χ1v) is 13.8. The predicted molar refractivity (Wildman–Crippen MR) is 145 cm³/mol. The maximum absolute atomic E-state index is 13.8. The third kappa shape index (κ3) is 5.10. The Kier molecular flexibility index (Phi) is 7.35. The Balaban J connectivity index is 1.34. The van der Waals surface area contributed by atoms with Gasteiger partial charge in [0.25, 0.3) is 5.91 Å². The molecule has 0 spiro atoms. The van der Waals surface area contributed by atoms with Crippen LogP contribution in [-0.2, 0) is 20.5 Å². The van der Waals surface area contributed by atoms with Gasteiger partial charge in [0.1, 0.15) is 11.7 Å². The minimum absolute atomic E-state index is 0.0345. The quantitative estimate of drug-likeness (QED) is 0.492. The molecule has 3 aliphatic carbocycles. The lowest BCUT2D eigenvalue weighted by atomic mass is 9.43. The topological polar surface area (TPSA) is 102 Å². The molecular formula is C29H39BN4O4. The molecule has 202 valence electrons. The van der Waals surface area contributed by atoms with Gasteiger partial charge in [0.2, 0.25) is 5.91 Å². The average molecular weight is 518 g/mol. The van der Waals surface area contributed by atoms with Gasteiger partial charge in [-0.15, -0.1) is 0 Å². The second-order valence-electron chi connectivity index (χ2n) is 12.4. The predicted octanol–water partition coefficient (Wildman–Crippen LogP) is 3.62. The Morgan fingerprint density at radius 3 is 2.53 bits per heavy atom. The van der Waals surface area contributed by atoms with Gasteiger partial charge in [-0.05, 0) is 54.9 Å². The van der Waals surface area contributed by atoms with Gasteiger partial charge in [0.15, 0.2) is 0 Å². The lowest BCUT2D eigenvalue weighted by molar-refractivity contribution is -0.199. The molecule has 0 radical (unpaired) electrons. The lowest BCUT2D eigenvalue weighted by Crippen LogP contribution is -2.65. The third-order valence-corrected chi connectivity index (χ3v) is 9.05. The van der Waals surface area contributed by atoms with E-state index in [9.17, 15) is 9.59 Å². The van der Waals surface area contributed by atoms with Gasteiger partial charge in [-0.2, -0.15) is 0 Å². The van der Waals surface area contributed by atoms with Crippen molar-refractivity contribution in [3.8, 4) is 0 Å². The van der Waals surface area contributed by atoms with Crippen LogP contribution in [0, 0.1) is 23.2 Å². The number of hydrogen-bond donors (Lipinski definition) is 2. The molecule has 2 heterocycles. The summed E-state index contributed by atoms with van der Waals surface area (Å²) in [5.41, 5.74) is 0.998. The van der Waals surface area contributed by atoms with Crippen LogP contribution in [0.4, 0.5) is 0 Å². The summed E-state index contributed by atoms with van der Waals surface area (Å²) in [4.78, 5) is 34.8. The van der Waals surface area contributed by atoms with Crippen molar-refractivity contribution < 1.29 is 18.9 Å². The monoisotopic (exact) mass is 518 g/mol. The number of carbonyl (C=O) groups is 2. The first kappa shape index (κ1) is 26.8. The van der Waals surface area contributed by atoms with Crippen LogP contribution in [0.2, 0.25) is 0 Å². The zero-order valence-electron chi connectivity index (χ0n) is 23.0. The molecule has 1 aromatic carbocycles. The van der Waals surface area contributed by atoms with Gasteiger partial charge in [0.05, 0.1) is 23.8 Å². The van der Waals surface area contributed by atoms with E-state index in [1.54, 1.807) is 0 Å². The minimum Gasteiger partial charge on any atom is -0.404 e. The van der Waals surface area contributed by atoms with Crippen molar-refractivity contribution in [2.24, 2.45) is 23.2 Å². The third-order valence-electron chi connectivity index (χ3n) is 9.05. The van der Waals surface area contributed by atoms with Crippen molar-refractivity contribution in [1.82, 2.24) is 20.6 Å². The summed E-state index contributed by atoms with van der Waals surface area (Å²) in [6.07, 6.45) is 7.60. The highest BCUT2D eigenvalue weighted by Gasteiger charge is 2.68. The first-order chi connectivity index (χ1) is 18.1. The smallest absolute Gasteiger partial charge is 0.404 e. The number of amides is 2. The molecule has 6 atom stereocenters. The summed E-state index contributed by atoms with van der Waals surface area (Å²) in [5.74, 6) is 0.359. The van der Waals surface area contributed by atoms with Crippen molar-refractivity contribution in [1.29, 1.82) is 0 Å². The molecule has 2 bridgehead atoms. The zero-order chi connectivity index (χ0) is 27.1. The Bertz CT molecular complexity index is 1150. The SMILES string of the molecule is CC(C)CC(NC(=O)[C@H](Cc1ccccc1)NC(=O)c1cnccn1)B1OC2CC3CC(C3(C)C)[C@@]2(C)O1. The maximum atomic E-state index is 13.8. The second kappa shape index (κ2) is 10.4. The zero-order valence-corrected chi connectivity index (χ0v) is 23.0. The number of carbonyl (C=O) groups excluding carboxylic acids is 2. The van der Waals surface area contributed by atoms with Gasteiger partial charge < -0.3 is 19.9 Å². The van der Waals surface area contributed by atoms with Crippen molar-refractivity contribution >= 4 is 18.9 Å². The molecule has 2 aromatic rings. The molecule has 4 unspecified atom stereocenters. The van der Waals surface area contributed by atoms with E-state index in [1.807, 2.05) is 30.3 Å². The second-order valence-corrected chi connectivity index (χ2v) is 12.4. The summed E-state index contributed by atoms with van der Waals surface area (Å²) in [6, 6.07) is 8.87. The van der Waals surface area contributed by atoms with Crippen LogP contribution in [0.25, 0.3) is 0 Å². The fourth-order valence-electron chi connectivity index (χ4n) is 6.81. The van der Waals surface area contributed by atoms with Gasteiger partial charge in [-0.3, -0.25) is 14.6 Å². The molecule has 1 aromatic heterocycles. The molecule has 8 nitrogen and oxygen atoms in total. The van der Waals surface area contributed by atoms with Crippen LogP contribution in [0.5, 0.6) is 0 Å². The number of nitrogens with one attached hydrogen (secondary N) is 2. The molecular weight excluding hydrogens is 479 g/mol. The van der Waals surface area contributed by atoms with Crippen molar-refractivity contribution in [2.45, 2.75) is 84.0 Å².